The second kappa shape index (κ2) is 5.11. The number of aliphatic hydroxyl groups excluding tert-OH is 1. The zero-order valence-corrected chi connectivity index (χ0v) is 12.0. The number of fused-ring (bicyclic) bond motifs is 1. The molecule has 0 radical (unpaired) electrons. The fourth-order valence-corrected chi connectivity index (χ4v) is 2.85. The van der Waals surface area contributed by atoms with Gasteiger partial charge >= 0.3 is 0 Å². The van der Waals surface area contributed by atoms with Crippen LogP contribution in [0.1, 0.15) is 29.0 Å². The van der Waals surface area contributed by atoms with Crippen LogP contribution in [0.2, 0.25) is 5.02 Å². The maximum Gasteiger partial charge on any atom is 0.289 e. The number of halogens is 1. The van der Waals surface area contributed by atoms with E-state index in [1.54, 1.807) is 23.1 Å². The number of amides is 1. The number of hydrogen-bond acceptors (Lipinski definition) is 3. The molecule has 1 N–H and O–H groups in total. The summed E-state index contributed by atoms with van der Waals surface area (Å²) in [6, 6.07) is 5.32. The van der Waals surface area contributed by atoms with Crippen molar-refractivity contribution in [3.8, 4) is 0 Å². The first-order valence-corrected chi connectivity index (χ1v) is 7.10. The molecular formula is C15H16ClNO3. The van der Waals surface area contributed by atoms with Gasteiger partial charge in [-0.15, -0.1) is 0 Å². The first kappa shape index (κ1) is 13.5. The van der Waals surface area contributed by atoms with E-state index in [2.05, 4.69) is 0 Å². The Hall–Kier alpha value is -1.52. The van der Waals surface area contributed by atoms with E-state index >= 15 is 0 Å². The number of likely N-dealkylation sites (tertiary alicyclic amines) is 1. The van der Waals surface area contributed by atoms with Crippen molar-refractivity contribution in [3.63, 3.8) is 0 Å². The Morgan fingerprint density at radius 1 is 1.50 bits per heavy atom. The molecule has 1 unspecified atom stereocenters. The first-order chi connectivity index (χ1) is 9.56. The lowest BCUT2D eigenvalue weighted by molar-refractivity contribution is 0.0449. The van der Waals surface area contributed by atoms with Crippen molar-refractivity contribution in [1.82, 2.24) is 4.90 Å². The van der Waals surface area contributed by atoms with E-state index in [0.29, 0.717) is 29.5 Å². The van der Waals surface area contributed by atoms with Crippen molar-refractivity contribution in [2.75, 3.05) is 13.1 Å². The maximum atomic E-state index is 12.5. The smallest absolute Gasteiger partial charge is 0.289 e. The highest BCUT2D eigenvalue weighted by Crippen LogP contribution is 2.29. The van der Waals surface area contributed by atoms with E-state index in [1.807, 2.05) is 6.92 Å². The van der Waals surface area contributed by atoms with Crippen LogP contribution in [0, 0.1) is 6.92 Å². The largest absolute Gasteiger partial charge is 0.451 e. The van der Waals surface area contributed by atoms with E-state index < -0.39 is 6.10 Å². The van der Waals surface area contributed by atoms with E-state index in [0.717, 1.165) is 23.8 Å². The SMILES string of the molecule is Cc1c(C(=O)N2CCCC(O)C2)oc2ccc(Cl)cc12. The zero-order valence-electron chi connectivity index (χ0n) is 11.2. The van der Waals surface area contributed by atoms with Crippen LogP contribution in [0.3, 0.4) is 0 Å². The molecule has 1 aliphatic heterocycles. The number of benzene rings is 1. The number of nitrogens with zero attached hydrogens (tertiary/aromatic N) is 1. The fraction of sp³-hybridized carbons (Fsp3) is 0.400. The highest BCUT2D eigenvalue weighted by Gasteiger charge is 2.27. The maximum absolute atomic E-state index is 12.5. The Morgan fingerprint density at radius 2 is 2.30 bits per heavy atom. The molecule has 106 valence electrons. The normalized spacial score (nSPS) is 19.6. The number of carbonyl (C=O) groups excluding carboxylic acids is 1. The van der Waals surface area contributed by atoms with Gasteiger partial charge in [0.1, 0.15) is 5.58 Å². The summed E-state index contributed by atoms with van der Waals surface area (Å²) in [6.45, 7) is 2.89. The fourth-order valence-electron chi connectivity index (χ4n) is 2.68. The Balaban J connectivity index is 1.97. The molecule has 2 aromatic rings. The molecule has 1 amide bonds. The average molecular weight is 294 g/mol. The summed E-state index contributed by atoms with van der Waals surface area (Å²) < 4.78 is 5.67. The summed E-state index contributed by atoms with van der Waals surface area (Å²) in [5.41, 5.74) is 1.46. The molecule has 1 aliphatic rings. The second-order valence-electron chi connectivity index (χ2n) is 5.24. The van der Waals surface area contributed by atoms with Crippen LogP contribution >= 0.6 is 11.6 Å². The number of carbonyl (C=O) groups is 1. The minimum atomic E-state index is -0.438. The molecule has 20 heavy (non-hydrogen) atoms. The predicted octanol–water partition coefficient (Wildman–Crippen LogP) is 2.99. The van der Waals surface area contributed by atoms with E-state index in [1.165, 1.54) is 0 Å². The summed E-state index contributed by atoms with van der Waals surface area (Å²) in [6.07, 6.45) is 1.13. The number of rotatable bonds is 1. The Labute approximate surface area is 121 Å². The summed E-state index contributed by atoms with van der Waals surface area (Å²) in [4.78, 5) is 14.2. The highest BCUT2D eigenvalue weighted by atomic mass is 35.5. The monoisotopic (exact) mass is 293 g/mol. The van der Waals surface area contributed by atoms with Crippen molar-refractivity contribution in [1.29, 1.82) is 0 Å². The van der Waals surface area contributed by atoms with E-state index in [4.69, 9.17) is 16.0 Å². The van der Waals surface area contributed by atoms with Crippen molar-refractivity contribution in [2.24, 2.45) is 0 Å². The number of furan rings is 1. The van der Waals surface area contributed by atoms with E-state index in [9.17, 15) is 9.90 Å². The van der Waals surface area contributed by atoms with Gasteiger partial charge in [-0.25, -0.2) is 0 Å². The minimum Gasteiger partial charge on any atom is -0.451 e. The molecule has 0 spiro atoms. The molecule has 3 rings (SSSR count). The van der Waals surface area contributed by atoms with Gasteiger partial charge in [-0.05, 0) is 38.0 Å². The van der Waals surface area contributed by atoms with Crippen LogP contribution in [0.15, 0.2) is 22.6 Å². The molecular weight excluding hydrogens is 278 g/mol. The number of piperidine rings is 1. The highest BCUT2D eigenvalue weighted by molar-refractivity contribution is 6.31. The van der Waals surface area contributed by atoms with Crippen molar-refractivity contribution >= 4 is 28.5 Å². The molecule has 1 atom stereocenters. The molecule has 0 saturated carbocycles. The zero-order chi connectivity index (χ0) is 14.3. The number of β-amino-alcohol motifs (C(OH)–C–C–N with tert-alkyl or cyclic N) is 1. The predicted molar refractivity (Wildman–Crippen MR) is 77.1 cm³/mol. The Morgan fingerprint density at radius 3 is 3.05 bits per heavy atom. The molecule has 0 aliphatic carbocycles. The molecule has 2 heterocycles. The first-order valence-electron chi connectivity index (χ1n) is 6.72. The lowest BCUT2D eigenvalue weighted by Crippen LogP contribution is -2.42. The van der Waals surface area contributed by atoms with Gasteiger partial charge in [0.15, 0.2) is 5.76 Å². The summed E-state index contributed by atoms with van der Waals surface area (Å²) in [5.74, 6) is 0.185. The molecule has 1 aromatic carbocycles. The Bertz CT molecular complexity index is 664. The third-order valence-electron chi connectivity index (χ3n) is 3.78. The van der Waals surface area contributed by atoms with Crippen LogP contribution in [0.4, 0.5) is 0 Å². The van der Waals surface area contributed by atoms with Gasteiger partial charge in [-0.1, -0.05) is 11.6 Å². The summed E-state index contributed by atoms with van der Waals surface area (Å²) in [7, 11) is 0. The van der Waals surface area contributed by atoms with Crippen LogP contribution in [0.5, 0.6) is 0 Å². The van der Waals surface area contributed by atoms with Crippen LogP contribution < -0.4 is 0 Å². The quantitative estimate of drug-likeness (QED) is 0.879. The number of hydrogen-bond donors (Lipinski definition) is 1. The van der Waals surface area contributed by atoms with Crippen molar-refractivity contribution in [2.45, 2.75) is 25.9 Å². The topological polar surface area (TPSA) is 53.7 Å². The lowest BCUT2D eigenvalue weighted by Gasteiger charge is -2.29. The standard InChI is InChI=1S/C15H16ClNO3/c1-9-12-7-10(16)4-5-13(12)20-14(9)15(19)17-6-2-3-11(18)8-17/h4-5,7,11,18H,2-3,6,8H2,1H3. The molecule has 4 nitrogen and oxygen atoms in total. The van der Waals surface area contributed by atoms with Gasteiger partial charge in [0.05, 0.1) is 6.10 Å². The minimum absolute atomic E-state index is 0.159. The van der Waals surface area contributed by atoms with Crippen LogP contribution in [0.25, 0.3) is 11.0 Å². The van der Waals surface area contributed by atoms with Gasteiger partial charge < -0.3 is 14.4 Å². The van der Waals surface area contributed by atoms with Crippen LogP contribution in [-0.4, -0.2) is 35.1 Å². The molecule has 1 saturated heterocycles. The lowest BCUT2D eigenvalue weighted by atomic mass is 10.1. The van der Waals surface area contributed by atoms with Gasteiger partial charge in [-0.3, -0.25) is 4.79 Å². The third kappa shape index (κ3) is 2.30. The average Bonchev–Trinajstić information content (AvgIpc) is 2.75. The Kier molecular flexibility index (Phi) is 3.44. The molecule has 5 heteroatoms. The number of aryl methyl sites for hydroxylation is 1. The molecule has 0 bridgehead atoms. The van der Waals surface area contributed by atoms with Crippen molar-refractivity contribution in [3.05, 3.63) is 34.5 Å². The van der Waals surface area contributed by atoms with Crippen molar-refractivity contribution < 1.29 is 14.3 Å². The van der Waals surface area contributed by atoms with E-state index in [-0.39, 0.29) is 5.91 Å². The van der Waals surface area contributed by atoms with Gasteiger partial charge in [0, 0.05) is 29.1 Å². The van der Waals surface area contributed by atoms with Crippen LogP contribution in [-0.2, 0) is 0 Å². The van der Waals surface area contributed by atoms with Gasteiger partial charge in [0.25, 0.3) is 5.91 Å². The molecule has 1 aromatic heterocycles. The summed E-state index contributed by atoms with van der Waals surface area (Å²) in [5, 5.41) is 11.2. The third-order valence-corrected chi connectivity index (χ3v) is 4.01. The van der Waals surface area contributed by atoms with Gasteiger partial charge in [-0.2, -0.15) is 0 Å². The van der Waals surface area contributed by atoms with Gasteiger partial charge in [0.2, 0.25) is 0 Å². The summed E-state index contributed by atoms with van der Waals surface area (Å²) >= 11 is 5.98. The number of aliphatic hydroxyl groups is 1. The molecule has 1 fully saturated rings. The second-order valence-corrected chi connectivity index (χ2v) is 5.68.